The summed E-state index contributed by atoms with van der Waals surface area (Å²) < 4.78 is 6.22. The molecule has 2 atom stereocenters. The molecule has 2 saturated heterocycles. The minimum absolute atomic E-state index is 0.0927. The molecule has 0 spiro atoms. The van der Waals surface area contributed by atoms with Crippen LogP contribution in [0.5, 0.6) is 0 Å². The van der Waals surface area contributed by atoms with E-state index in [4.69, 9.17) is 4.42 Å². The minimum atomic E-state index is -0.172. The fraction of sp³-hybridized carbons (Fsp3) is 0.407. The largest absolute Gasteiger partial charge is 0.455 e. The number of para-hydroxylation sites is 1. The van der Waals surface area contributed by atoms with Crippen molar-refractivity contribution in [1.82, 2.24) is 10.2 Å². The maximum atomic E-state index is 13.2. The highest BCUT2D eigenvalue weighted by Gasteiger charge is 2.33. The van der Waals surface area contributed by atoms with Crippen molar-refractivity contribution in [2.24, 2.45) is 5.92 Å². The summed E-state index contributed by atoms with van der Waals surface area (Å²) in [7, 11) is 0. The van der Waals surface area contributed by atoms with E-state index in [-0.39, 0.29) is 11.3 Å². The zero-order chi connectivity index (χ0) is 22.1. The first kappa shape index (κ1) is 21.0. The lowest BCUT2D eigenvalue weighted by Gasteiger charge is -2.44. The lowest BCUT2D eigenvalue weighted by Crippen LogP contribution is -2.51. The van der Waals surface area contributed by atoms with Crippen molar-refractivity contribution in [3.05, 3.63) is 69.9 Å². The highest BCUT2D eigenvalue weighted by Crippen LogP contribution is 2.31. The molecule has 0 unspecified atom stereocenters. The number of amides is 1. The molecule has 2 fully saturated rings. The van der Waals surface area contributed by atoms with Gasteiger partial charge in [0.1, 0.15) is 5.76 Å². The second-order valence-corrected chi connectivity index (χ2v) is 9.15. The number of fused-ring (bicyclic) bond motifs is 2. The number of nitrogens with zero attached hydrogens (tertiary/aromatic N) is 1. The molecule has 1 amide bonds. The van der Waals surface area contributed by atoms with E-state index < -0.39 is 0 Å². The average molecular weight is 431 g/mol. The van der Waals surface area contributed by atoms with Crippen LogP contribution in [0, 0.1) is 12.8 Å². The van der Waals surface area contributed by atoms with Crippen molar-refractivity contribution in [1.29, 1.82) is 0 Å². The molecule has 3 aromatic rings. The molecule has 5 heteroatoms. The third-order valence-corrected chi connectivity index (χ3v) is 7.18. The fourth-order valence-corrected chi connectivity index (χ4v) is 5.49. The van der Waals surface area contributed by atoms with Crippen LogP contribution in [0.15, 0.2) is 57.7 Å². The molecular weight excluding hydrogens is 400 g/mol. The molecule has 0 saturated carbocycles. The van der Waals surface area contributed by atoms with Crippen molar-refractivity contribution in [3.8, 4) is 11.3 Å². The van der Waals surface area contributed by atoms with Crippen molar-refractivity contribution in [2.45, 2.75) is 45.1 Å². The van der Waals surface area contributed by atoms with E-state index in [1.54, 1.807) is 25.1 Å². The van der Waals surface area contributed by atoms with Gasteiger partial charge in [-0.25, -0.2) is 0 Å². The quantitative estimate of drug-likeness (QED) is 0.648. The zero-order valence-electron chi connectivity index (χ0n) is 18.6. The molecule has 0 bridgehead atoms. The van der Waals surface area contributed by atoms with Gasteiger partial charge in [-0.3, -0.25) is 9.59 Å². The minimum Gasteiger partial charge on any atom is -0.455 e. The molecule has 2 aromatic carbocycles. The summed E-state index contributed by atoms with van der Waals surface area (Å²) in [6.45, 7) is 4.81. The lowest BCUT2D eigenvalue weighted by molar-refractivity contribution is 0.0576. The van der Waals surface area contributed by atoms with Crippen LogP contribution in [0.3, 0.4) is 0 Å². The standard InChI is InChI=1S/C27H30N2O3/c1-18-24(30)21-12-7-13-22(26(21)32-25(18)19-9-3-2-4-10-19)27(31)28-17-20-11-8-16-29-15-6-5-14-23(20)29/h2-4,7,9-10,12-13,20,23H,5-6,8,11,14-17H2,1H3,(H,28,31)/t20-,23-/m1/s1. The van der Waals surface area contributed by atoms with Crippen LogP contribution >= 0.6 is 0 Å². The van der Waals surface area contributed by atoms with E-state index >= 15 is 0 Å². The first-order valence-electron chi connectivity index (χ1n) is 11.8. The number of carbonyl (C=O) groups excluding carboxylic acids is 1. The van der Waals surface area contributed by atoms with Gasteiger partial charge < -0.3 is 14.6 Å². The molecule has 3 heterocycles. The van der Waals surface area contributed by atoms with Gasteiger partial charge in [-0.15, -0.1) is 0 Å². The Kier molecular flexibility index (Phi) is 5.83. The Bertz CT molecular complexity index is 1180. The van der Waals surface area contributed by atoms with Gasteiger partial charge in [0, 0.05) is 23.7 Å². The van der Waals surface area contributed by atoms with Crippen LogP contribution < -0.4 is 10.7 Å². The van der Waals surface area contributed by atoms with E-state index in [0.29, 0.717) is 46.4 Å². The number of rotatable bonds is 4. The Morgan fingerprint density at radius 2 is 1.84 bits per heavy atom. The summed E-state index contributed by atoms with van der Waals surface area (Å²) in [5.41, 5.74) is 2.08. The molecule has 1 N–H and O–H groups in total. The normalized spacial score (nSPS) is 21.3. The molecule has 2 aliphatic heterocycles. The molecule has 2 aliphatic rings. The first-order valence-corrected chi connectivity index (χ1v) is 11.8. The monoisotopic (exact) mass is 430 g/mol. The van der Waals surface area contributed by atoms with E-state index in [0.717, 1.165) is 12.0 Å². The summed E-state index contributed by atoms with van der Waals surface area (Å²) in [6.07, 6.45) is 6.14. The van der Waals surface area contributed by atoms with E-state index in [1.807, 2.05) is 30.3 Å². The Balaban J connectivity index is 1.44. The topological polar surface area (TPSA) is 62.6 Å². The van der Waals surface area contributed by atoms with E-state index in [2.05, 4.69) is 10.2 Å². The molecule has 166 valence electrons. The van der Waals surface area contributed by atoms with E-state index in [1.165, 1.54) is 38.8 Å². The Labute approximate surface area is 188 Å². The van der Waals surface area contributed by atoms with Crippen LogP contribution in [0.1, 0.15) is 48.0 Å². The van der Waals surface area contributed by atoms with E-state index in [9.17, 15) is 9.59 Å². The molecule has 1 aromatic heterocycles. The smallest absolute Gasteiger partial charge is 0.255 e. The number of carbonyl (C=O) groups is 1. The first-order chi connectivity index (χ1) is 15.6. The number of hydrogen-bond donors (Lipinski definition) is 1. The number of nitrogens with one attached hydrogen (secondary N) is 1. The maximum absolute atomic E-state index is 13.2. The van der Waals surface area contributed by atoms with Crippen LogP contribution in [-0.4, -0.2) is 36.5 Å². The Morgan fingerprint density at radius 3 is 2.69 bits per heavy atom. The molecule has 0 radical (unpaired) electrons. The van der Waals surface area contributed by atoms with Crippen LogP contribution in [0.25, 0.3) is 22.3 Å². The highest BCUT2D eigenvalue weighted by atomic mass is 16.3. The third kappa shape index (κ3) is 3.86. The highest BCUT2D eigenvalue weighted by molar-refractivity contribution is 6.05. The number of hydrogen-bond acceptors (Lipinski definition) is 4. The van der Waals surface area contributed by atoms with Crippen molar-refractivity contribution >= 4 is 16.9 Å². The number of piperidine rings is 2. The molecule has 0 aliphatic carbocycles. The van der Waals surface area contributed by atoms with Gasteiger partial charge in [0.15, 0.2) is 11.0 Å². The Morgan fingerprint density at radius 1 is 1.03 bits per heavy atom. The van der Waals surface area contributed by atoms with Gasteiger partial charge in [0.25, 0.3) is 5.91 Å². The average Bonchev–Trinajstić information content (AvgIpc) is 2.85. The van der Waals surface area contributed by atoms with Gasteiger partial charge in [0.2, 0.25) is 0 Å². The summed E-state index contributed by atoms with van der Waals surface area (Å²) in [4.78, 5) is 28.9. The van der Waals surface area contributed by atoms with Crippen LogP contribution in [0.2, 0.25) is 0 Å². The summed E-state index contributed by atoms with van der Waals surface area (Å²) in [5, 5.41) is 3.61. The predicted octanol–water partition coefficient (Wildman–Crippen LogP) is 4.76. The molecule has 32 heavy (non-hydrogen) atoms. The molecular formula is C27H30N2O3. The Hall–Kier alpha value is -2.92. The summed E-state index contributed by atoms with van der Waals surface area (Å²) >= 11 is 0. The van der Waals surface area contributed by atoms with Gasteiger partial charge in [-0.05, 0) is 63.7 Å². The summed E-state index contributed by atoms with van der Waals surface area (Å²) in [6, 6.07) is 15.4. The second-order valence-electron chi connectivity index (χ2n) is 9.15. The van der Waals surface area contributed by atoms with Crippen molar-refractivity contribution in [2.75, 3.05) is 19.6 Å². The maximum Gasteiger partial charge on any atom is 0.255 e. The van der Waals surface area contributed by atoms with Crippen molar-refractivity contribution in [3.63, 3.8) is 0 Å². The SMILES string of the molecule is Cc1c(-c2ccccc2)oc2c(C(=O)NC[C@H]3CCCN4CCCC[C@H]34)cccc2c1=O. The lowest BCUT2D eigenvalue weighted by atomic mass is 9.83. The van der Waals surface area contributed by atoms with Crippen molar-refractivity contribution < 1.29 is 9.21 Å². The predicted molar refractivity (Wildman–Crippen MR) is 127 cm³/mol. The summed E-state index contributed by atoms with van der Waals surface area (Å²) in [5.74, 6) is 0.833. The second kappa shape index (κ2) is 8.91. The van der Waals surface area contributed by atoms with Gasteiger partial charge in [-0.2, -0.15) is 0 Å². The zero-order valence-corrected chi connectivity index (χ0v) is 18.6. The molecule has 5 rings (SSSR count). The van der Waals surface area contributed by atoms with Gasteiger partial charge >= 0.3 is 0 Å². The van der Waals surface area contributed by atoms with Crippen LogP contribution in [-0.2, 0) is 0 Å². The van der Waals surface area contributed by atoms with Crippen LogP contribution in [0.4, 0.5) is 0 Å². The third-order valence-electron chi connectivity index (χ3n) is 7.18. The van der Waals surface area contributed by atoms with Gasteiger partial charge in [-0.1, -0.05) is 42.8 Å². The fourth-order valence-electron chi connectivity index (χ4n) is 5.49. The number of benzene rings is 2. The van der Waals surface area contributed by atoms with Gasteiger partial charge in [0.05, 0.1) is 10.9 Å². The molecule has 5 nitrogen and oxygen atoms in total.